The second kappa shape index (κ2) is 5.09. The van der Waals surface area contributed by atoms with Crippen molar-refractivity contribution in [3.63, 3.8) is 0 Å². The summed E-state index contributed by atoms with van der Waals surface area (Å²) in [5.74, 6) is 0. The Morgan fingerprint density at radius 1 is 1.00 bits per heavy atom. The summed E-state index contributed by atoms with van der Waals surface area (Å²) in [6, 6.07) is 15.9. The highest BCUT2D eigenvalue weighted by Crippen LogP contribution is 2.28. The maximum absolute atomic E-state index is 13.0. The van der Waals surface area contributed by atoms with Crippen LogP contribution in [0.2, 0.25) is 0 Å². The summed E-state index contributed by atoms with van der Waals surface area (Å²) in [4.78, 5) is 17.6. The minimum Gasteiger partial charge on any atom is -0.350 e. The van der Waals surface area contributed by atoms with Crippen LogP contribution in [0, 0.1) is 0 Å². The Bertz CT molecular complexity index is 1090. The average molecular weight is 303 g/mol. The molecule has 0 N–H and O–H groups in total. The maximum Gasteiger partial charge on any atom is 0.277 e. The average Bonchev–Trinajstić information content (AvgIpc) is 2.92. The lowest BCUT2D eigenvalue weighted by Crippen LogP contribution is -2.22. The lowest BCUT2D eigenvalue weighted by molar-refractivity contribution is 0.756. The summed E-state index contributed by atoms with van der Waals surface area (Å²) in [5.41, 5.74) is 4.19. The Kier molecular flexibility index (Phi) is 3.05. The number of benzene rings is 2. The Balaban J connectivity index is 2.13. The monoisotopic (exact) mass is 303 g/mol. The highest BCUT2D eigenvalue weighted by Gasteiger charge is 2.16. The first-order chi connectivity index (χ1) is 11.2. The number of hydrogen-bond donors (Lipinski definition) is 0. The SMILES string of the molecule is CCn1c(=O)c(-c2cn(C)c3ccccc23)nc2ccccc21. The van der Waals surface area contributed by atoms with Gasteiger partial charge in [0.1, 0.15) is 5.69 Å². The standard InChI is InChI=1S/C19H17N3O/c1-3-22-17-11-7-5-9-15(17)20-18(19(22)23)14-12-21(2)16-10-6-4-8-13(14)16/h4-12H,3H2,1-2H3. The molecular formula is C19H17N3O. The van der Waals surface area contributed by atoms with E-state index >= 15 is 0 Å². The van der Waals surface area contributed by atoms with Crippen LogP contribution < -0.4 is 5.56 Å². The lowest BCUT2D eigenvalue weighted by Gasteiger charge is -2.09. The van der Waals surface area contributed by atoms with Crippen LogP contribution in [-0.2, 0) is 13.6 Å². The largest absolute Gasteiger partial charge is 0.350 e. The van der Waals surface area contributed by atoms with E-state index in [0.717, 1.165) is 27.5 Å². The molecule has 0 aliphatic carbocycles. The van der Waals surface area contributed by atoms with Crippen molar-refractivity contribution in [2.45, 2.75) is 13.5 Å². The Morgan fingerprint density at radius 3 is 2.48 bits per heavy atom. The first-order valence-corrected chi connectivity index (χ1v) is 7.74. The van der Waals surface area contributed by atoms with Gasteiger partial charge in [0, 0.05) is 36.3 Å². The molecule has 4 nitrogen and oxygen atoms in total. The van der Waals surface area contributed by atoms with Gasteiger partial charge in [-0.25, -0.2) is 4.98 Å². The molecule has 2 aromatic carbocycles. The molecule has 2 aromatic heterocycles. The number of rotatable bonds is 2. The first-order valence-electron chi connectivity index (χ1n) is 7.74. The second-order valence-electron chi connectivity index (χ2n) is 5.67. The van der Waals surface area contributed by atoms with Crippen molar-refractivity contribution in [3.8, 4) is 11.3 Å². The van der Waals surface area contributed by atoms with Crippen LogP contribution in [0.25, 0.3) is 33.2 Å². The molecule has 4 aromatic rings. The molecule has 23 heavy (non-hydrogen) atoms. The van der Waals surface area contributed by atoms with Crippen molar-refractivity contribution in [2.24, 2.45) is 7.05 Å². The number of hydrogen-bond acceptors (Lipinski definition) is 2. The summed E-state index contributed by atoms with van der Waals surface area (Å²) in [7, 11) is 1.99. The topological polar surface area (TPSA) is 39.8 Å². The summed E-state index contributed by atoms with van der Waals surface area (Å²) >= 11 is 0. The molecule has 0 atom stereocenters. The van der Waals surface area contributed by atoms with Gasteiger partial charge >= 0.3 is 0 Å². The van der Waals surface area contributed by atoms with Crippen molar-refractivity contribution in [1.82, 2.24) is 14.1 Å². The third kappa shape index (κ3) is 1.99. The molecule has 2 heterocycles. The molecule has 4 rings (SSSR count). The van der Waals surface area contributed by atoms with E-state index in [1.165, 1.54) is 0 Å². The van der Waals surface area contributed by atoms with Crippen molar-refractivity contribution < 1.29 is 0 Å². The number of nitrogens with zero attached hydrogens (tertiary/aromatic N) is 3. The van der Waals surface area contributed by atoms with Crippen LogP contribution in [0.4, 0.5) is 0 Å². The summed E-state index contributed by atoms with van der Waals surface area (Å²) in [6.07, 6.45) is 1.99. The smallest absolute Gasteiger partial charge is 0.277 e. The van der Waals surface area contributed by atoms with Gasteiger partial charge in [0.05, 0.1) is 11.0 Å². The van der Waals surface area contributed by atoms with Gasteiger partial charge in [0.2, 0.25) is 0 Å². The van der Waals surface area contributed by atoms with E-state index in [9.17, 15) is 4.79 Å². The molecule has 0 spiro atoms. The zero-order valence-electron chi connectivity index (χ0n) is 13.2. The number of para-hydroxylation sites is 3. The van der Waals surface area contributed by atoms with E-state index < -0.39 is 0 Å². The number of aromatic nitrogens is 3. The first kappa shape index (κ1) is 13.8. The van der Waals surface area contributed by atoms with Gasteiger partial charge in [-0.3, -0.25) is 4.79 Å². The summed E-state index contributed by atoms with van der Waals surface area (Å²) in [6.45, 7) is 2.61. The Labute approximate surface area is 133 Å². The molecule has 0 saturated heterocycles. The zero-order valence-corrected chi connectivity index (χ0v) is 13.2. The van der Waals surface area contributed by atoms with Crippen molar-refractivity contribution >= 4 is 21.9 Å². The van der Waals surface area contributed by atoms with Gasteiger partial charge in [0.15, 0.2) is 0 Å². The minimum absolute atomic E-state index is 0.0393. The fourth-order valence-corrected chi connectivity index (χ4v) is 3.21. The van der Waals surface area contributed by atoms with E-state index in [4.69, 9.17) is 0 Å². The van der Waals surface area contributed by atoms with Gasteiger partial charge < -0.3 is 9.13 Å². The highest BCUT2D eigenvalue weighted by atomic mass is 16.1. The fraction of sp³-hybridized carbons (Fsp3) is 0.158. The van der Waals surface area contributed by atoms with E-state index in [-0.39, 0.29) is 5.56 Å². The van der Waals surface area contributed by atoms with Crippen LogP contribution in [0.3, 0.4) is 0 Å². The van der Waals surface area contributed by atoms with Crippen LogP contribution in [-0.4, -0.2) is 14.1 Å². The minimum atomic E-state index is -0.0393. The molecule has 0 unspecified atom stereocenters. The Morgan fingerprint density at radius 2 is 1.70 bits per heavy atom. The van der Waals surface area contributed by atoms with Crippen LogP contribution in [0.1, 0.15) is 6.92 Å². The van der Waals surface area contributed by atoms with E-state index in [1.54, 1.807) is 4.57 Å². The Hall–Kier alpha value is -2.88. The normalized spacial score (nSPS) is 11.4. The van der Waals surface area contributed by atoms with Crippen LogP contribution in [0.5, 0.6) is 0 Å². The lowest BCUT2D eigenvalue weighted by atomic mass is 10.1. The van der Waals surface area contributed by atoms with E-state index in [0.29, 0.717) is 12.2 Å². The predicted octanol–water partition coefficient (Wildman–Crippen LogP) is 3.58. The fourth-order valence-electron chi connectivity index (χ4n) is 3.21. The van der Waals surface area contributed by atoms with Crippen molar-refractivity contribution in [3.05, 3.63) is 65.1 Å². The third-order valence-corrected chi connectivity index (χ3v) is 4.32. The quantitative estimate of drug-likeness (QED) is 0.568. The van der Waals surface area contributed by atoms with Crippen molar-refractivity contribution in [2.75, 3.05) is 0 Å². The maximum atomic E-state index is 13.0. The van der Waals surface area contributed by atoms with E-state index in [1.807, 2.05) is 67.2 Å². The molecule has 0 radical (unpaired) electrons. The second-order valence-corrected chi connectivity index (χ2v) is 5.67. The van der Waals surface area contributed by atoms with Gasteiger partial charge in [-0.1, -0.05) is 30.3 Å². The van der Waals surface area contributed by atoms with Gasteiger partial charge in [-0.05, 0) is 25.1 Å². The van der Waals surface area contributed by atoms with Gasteiger partial charge in [0.25, 0.3) is 5.56 Å². The molecule has 0 fully saturated rings. The van der Waals surface area contributed by atoms with Crippen LogP contribution in [0.15, 0.2) is 59.5 Å². The number of fused-ring (bicyclic) bond motifs is 2. The van der Waals surface area contributed by atoms with Gasteiger partial charge in [-0.15, -0.1) is 0 Å². The van der Waals surface area contributed by atoms with Crippen LogP contribution >= 0.6 is 0 Å². The third-order valence-electron chi connectivity index (χ3n) is 4.32. The molecule has 114 valence electrons. The number of aryl methyl sites for hydroxylation is 2. The predicted molar refractivity (Wildman–Crippen MR) is 93.6 cm³/mol. The molecule has 0 saturated carbocycles. The molecule has 0 bridgehead atoms. The van der Waals surface area contributed by atoms with Gasteiger partial charge in [-0.2, -0.15) is 0 Å². The molecule has 0 aliphatic rings. The van der Waals surface area contributed by atoms with E-state index in [2.05, 4.69) is 11.1 Å². The van der Waals surface area contributed by atoms with Crippen molar-refractivity contribution in [1.29, 1.82) is 0 Å². The molecular weight excluding hydrogens is 286 g/mol. The summed E-state index contributed by atoms with van der Waals surface area (Å²) < 4.78 is 3.83. The molecule has 0 aliphatic heterocycles. The summed E-state index contributed by atoms with van der Waals surface area (Å²) in [5, 5.41) is 1.05. The highest BCUT2D eigenvalue weighted by molar-refractivity contribution is 5.95. The molecule has 0 amide bonds. The molecule has 4 heteroatoms. The zero-order chi connectivity index (χ0) is 16.0.